The molecule has 0 spiro atoms. The minimum absolute atomic E-state index is 0.515. The summed E-state index contributed by atoms with van der Waals surface area (Å²) in [6.07, 6.45) is 0. The van der Waals surface area contributed by atoms with Gasteiger partial charge in [-0.2, -0.15) is 0 Å². The number of amidine groups is 1. The molecule has 2 aliphatic heterocycles. The van der Waals surface area contributed by atoms with Gasteiger partial charge in [-0.05, 0) is 37.3 Å². The van der Waals surface area contributed by atoms with Gasteiger partial charge < -0.3 is 9.80 Å². The second kappa shape index (κ2) is 6.95. The van der Waals surface area contributed by atoms with E-state index in [1.54, 1.807) is 0 Å². The standard InChI is InChI=1S/C21H21ClN6/c1-15-24-25-20-14-23-21(18-13-16(22)7-8-19(18)28(15)20)27-11-9-26(10-12-27)17-5-3-2-4-6-17/h2-8,13H,9-12,14H2,1H3. The smallest absolute Gasteiger partial charge is 0.159 e. The Morgan fingerprint density at radius 3 is 2.43 bits per heavy atom. The molecule has 5 rings (SSSR count). The number of piperazine rings is 1. The maximum Gasteiger partial charge on any atom is 0.159 e. The Balaban J connectivity index is 1.47. The van der Waals surface area contributed by atoms with Crippen molar-refractivity contribution in [1.29, 1.82) is 0 Å². The molecule has 0 amide bonds. The molecular formula is C21H21ClN6. The van der Waals surface area contributed by atoms with Crippen LogP contribution < -0.4 is 4.90 Å². The zero-order valence-electron chi connectivity index (χ0n) is 15.7. The number of aryl methyl sites for hydroxylation is 1. The summed E-state index contributed by atoms with van der Waals surface area (Å²) in [5.74, 6) is 2.72. The van der Waals surface area contributed by atoms with Crippen LogP contribution in [0.3, 0.4) is 0 Å². The summed E-state index contributed by atoms with van der Waals surface area (Å²) in [5.41, 5.74) is 3.36. The third-order valence-electron chi connectivity index (χ3n) is 5.40. The highest BCUT2D eigenvalue weighted by molar-refractivity contribution is 6.31. The summed E-state index contributed by atoms with van der Waals surface area (Å²) >= 11 is 6.36. The van der Waals surface area contributed by atoms with Crippen LogP contribution in [0.25, 0.3) is 5.69 Å². The molecule has 7 heteroatoms. The van der Waals surface area contributed by atoms with E-state index in [0.29, 0.717) is 11.6 Å². The molecule has 0 unspecified atom stereocenters. The molecule has 28 heavy (non-hydrogen) atoms. The van der Waals surface area contributed by atoms with E-state index >= 15 is 0 Å². The molecule has 1 saturated heterocycles. The highest BCUT2D eigenvalue weighted by Crippen LogP contribution is 2.27. The van der Waals surface area contributed by atoms with Gasteiger partial charge in [0, 0.05) is 42.5 Å². The van der Waals surface area contributed by atoms with Gasteiger partial charge in [0.25, 0.3) is 0 Å². The fraction of sp³-hybridized carbons (Fsp3) is 0.286. The second-order valence-electron chi connectivity index (χ2n) is 7.11. The number of nitrogens with zero attached hydrogens (tertiary/aromatic N) is 6. The van der Waals surface area contributed by atoms with Crippen LogP contribution in [0.2, 0.25) is 5.02 Å². The first-order valence-corrected chi connectivity index (χ1v) is 9.89. The lowest BCUT2D eigenvalue weighted by atomic mass is 10.1. The lowest BCUT2D eigenvalue weighted by molar-refractivity contribution is 0.385. The van der Waals surface area contributed by atoms with Crippen LogP contribution in [-0.2, 0) is 6.54 Å². The molecule has 0 aliphatic carbocycles. The molecule has 0 bridgehead atoms. The number of aromatic nitrogens is 3. The van der Waals surface area contributed by atoms with Crippen molar-refractivity contribution in [3.05, 3.63) is 70.8 Å². The molecule has 0 radical (unpaired) electrons. The van der Waals surface area contributed by atoms with E-state index in [-0.39, 0.29) is 0 Å². The summed E-state index contributed by atoms with van der Waals surface area (Å²) < 4.78 is 2.09. The van der Waals surface area contributed by atoms with Crippen LogP contribution in [0, 0.1) is 6.92 Å². The van der Waals surface area contributed by atoms with Gasteiger partial charge in [0.2, 0.25) is 0 Å². The van der Waals surface area contributed by atoms with Crippen LogP contribution in [-0.4, -0.2) is 51.7 Å². The summed E-state index contributed by atoms with van der Waals surface area (Å²) in [4.78, 5) is 9.71. The fourth-order valence-corrected chi connectivity index (χ4v) is 4.19. The summed E-state index contributed by atoms with van der Waals surface area (Å²) in [6.45, 7) is 6.24. The highest BCUT2D eigenvalue weighted by atomic mass is 35.5. The monoisotopic (exact) mass is 392 g/mol. The maximum absolute atomic E-state index is 6.36. The Morgan fingerprint density at radius 1 is 0.893 bits per heavy atom. The summed E-state index contributed by atoms with van der Waals surface area (Å²) in [6, 6.07) is 16.5. The average molecular weight is 393 g/mol. The lowest BCUT2D eigenvalue weighted by Gasteiger charge is -2.38. The Labute approximate surface area is 169 Å². The first kappa shape index (κ1) is 17.3. The fourth-order valence-electron chi connectivity index (χ4n) is 4.02. The van der Waals surface area contributed by atoms with Crippen molar-refractivity contribution in [2.75, 3.05) is 31.1 Å². The molecule has 1 fully saturated rings. The zero-order chi connectivity index (χ0) is 19.1. The van der Waals surface area contributed by atoms with Crippen LogP contribution >= 0.6 is 11.6 Å². The lowest BCUT2D eigenvalue weighted by Crippen LogP contribution is -2.49. The number of benzene rings is 2. The number of hydrogen-bond donors (Lipinski definition) is 0. The average Bonchev–Trinajstić information content (AvgIpc) is 3.01. The SMILES string of the molecule is Cc1nnc2n1-c1ccc(Cl)cc1C(N1CCN(c3ccccc3)CC1)=NC2. The quantitative estimate of drug-likeness (QED) is 0.637. The number of aliphatic imine (C=N–C) groups is 1. The summed E-state index contributed by atoms with van der Waals surface area (Å²) in [5, 5.41) is 9.26. The Morgan fingerprint density at radius 2 is 1.64 bits per heavy atom. The first-order valence-electron chi connectivity index (χ1n) is 9.51. The molecular weight excluding hydrogens is 372 g/mol. The molecule has 3 aromatic rings. The van der Waals surface area contributed by atoms with E-state index in [2.05, 4.69) is 54.9 Å². The Hall–Kier alpha value is -2.86. The highest BCUT2D eigenvalue weighted by Gasteiger charge is 2.26. The van der Waals surface area contributed by atoms with E-state index < -0.39 is 0 Å². The van der Waals surface area contributed by atoms with Crippen molar-refractivity contribution in [2.24, 2.45) is 4.99 Å². The topological polar surface area (TPSA) is 49.6 Å². The number of hydrogen-bond acceptors (Lipinski definition) is 5. The van der Waals surface area contributed by atoms with Crippen LogP contribution in [0.15, 0.2) is 53.5 Å². The van der Waals surface area contributed by atoms with Crippen molar-refractivity contribution in [3.63, 3.8) is 0 Å². The van der Waals surface area contributed by atoms with Crippen molar-refractivity contribution < 1.29 is 0 Å². The number of anilines is 1. The van der Waals surface area contributed by atoms with Crippen molar-refractivity contribution in [1.82, 2.24) is 19.7 Å². The molecule has 6 nitrogen and oxygen atoms in total. The third kappa shape index (κ3) is 2.94. The molecule has 2 aliphatic rings. The molecule has 0 N–H and O–H groups in total. The largest absolute Gasteiger partial charge is 0.368 e. The van der Waals surface area contributed by atoms with Gasteiger partial charge in [-0.25, -0.2) is 0 Å². The minimum atomic E-state index is 0.515. The van der Waals surface area contributed by atoms with Gasteiger partial charge in [0.05, 0.1) is 5.69 Å². The van der Waals surface area contributed by atoms with Crippen molar-refractivity contribution >= 4 is 23.1 Å². The number of halogens is 1. The molecule has 142 valence electrons. The predicted octanol–water partition coefficient (Wildman–Crippen LogP) is 3.31. The van der Waals surface area contributed by atoms with Gasteiger partial charge in [-0.15, -0.1) is 10.2 Å². The van der Waals surface area contributed by atoms with Gasteiger partial charge >= 0.3 is 0 Å². The zero-order valence-corrected chi connectivity index (χ0v) is 16.5. The van der Waals surface area contributed by atoms with Crippen LogP contribution in [0.5, 0.6) is 0 Å². The summed E-state index contributed by atoms with van der Waals surface area (Å²) in [7, 11) is 0. The van der Waals surface area contributed by atoms with Gasteiger partial charge in [-0.3, -0.25) is 9.56 Å². The van der Waals surface area contributed by atoms with E-state index in [1.165, 1.54) is 5.69 Å². The third-order valence-corrected chi connectivity index (χ3v) is 5.64. The van der Waals surface area contributed by atoms with Crippen molar-refractivity contribution in [3.8, 4) is 5.69 Å². The van der Waals surface area contributed by atoms with Gasteiger partial charge in [0.15, 0.2) is 5.82 Å². The van der Waals surface area contributed by atoms with E-state index in [1.807, 2.05) is 25.1 Å². The molecule has 3 heterocycles. The molecule has 0 atom stereocenters. The minimum Gasteiger partial charge on any atom is -0.368 e. The van der Waals surface area contributed by atoms with Crippen LogP contribution in [0.4, 0.5) is 5.69 Å². The number of fused-ring (bicyclic) bond motifs is 3. The molecule has 2 aromatic carbocycles. The van der Waals surface area contributed by atoms with Crippen LogP contribution in [0.1, 0.15) is 17.2 Å². The van der Waals surface area contributed by atoms with Crippen molar-refractivity contribution in [2.45, 2.75) is 13.5 Å². The maximum atomic E-state index is 6.36. The number of para-hydroxylation sites is 1. The Kier molecular flexibility index (Phi) is 4.28. The van der Waals surface area contributed by atoms with E-state index in [4.69, 9.17) is 16.6 Å². The second-order valence-corrected chi connectivity index (χ2v) is 7.55. The van der Waals surface area contributed by atoms with E-state index in [0.717, 1.165) is 54.9 Å². The first-order chi connectivity index (χ1) is 13.7. The molecule has 1 aromatic heterocycles. The normalized spacial score (nSPS) is 16.3. The molecule has 0 saturated carbocycles. The number of rotatable bonds is 1. The van der Waals surface area contributed by atoms with E-state index in [9.17, 15) is 0 Å². The van der Waals surface area contributed by atoms with Gasteiger partial charge in [0.1, 0.15) is 18.2 Å². The van der Waals surface area contributed by atoms with Gasteiger partial charge in [-0.1, -0.05) is 29.8 Å². The Bertz CT molecular complexity index is 1030. The predicted molar refractivity (Wildman–Crippen MR) is 112 cm³/mol.